The van der Waals surface area contributed by atoms with Gasteiger partial charge in [-0.2, -0.15) is 0 Å². The first-order valence-electron chi connectivity index (χ1n) is 10.1. The number of aromatic nitrogens is 2. The smallest absolute Gasteiger partial charge is 0.277 e. The molecule has 0 N–H and O–H groups in total. The summed E-state index contributed by atoms with van der Waals surface area (Å²) in [6, 6.07) is 9.13. The summed E-state index contributed by atoms with van der Waals surface area (Å²) in [7, 11) is 1.53. The van der Waals surface area contributed by atoms with Gasteiger partial charge in [0.2, 0.25) is 5.95 Å². The van der Waals surface area contributed by atoms with E-state index in [0.717, 1.165) is 11.3 Å². The number of hydrogen-bond acceptors (Lipinski definition) is 7. The van der Waals surface area contributed by atoms with Crippen molar-refractivity contribution in [3.63, 3.8) is 0 Å². The molecule has 4 rings (SSSR count). The number of amides is 2. The van der Waals surface area contributed by atoms with Crippen LogP contribution in [-0.4, -0.2) is 70.9 Å². The van der Waals surface area contributed by atoms with Gasteiger partial charge in [-0.05, 0) is 37.6 Å². The van der Waals surface area contributed by atoms with Crippen LogP contribution in [0.5, 0.6) is 5.75 Å². The maximum atomic E-state index is 12.9. The van der Waals surface area contributed by atoms with Gasteiger partial charge in [0, 0.05) is 45.6 Å². The minimum atomic E-state index is -0.277. The van der Waals surface area contributed by atoms with Crippen LogP contribution in [0.25, 0.3) is 5.57 Å². The molecule has 0 radical (unpaired) electrons. The number of anilines is 1. The lowest BCUT2D eigenvalue weighted by atomic mass is 10.0. The molecular formula is C22H25N5O3. The van der Waals surface area contributed by atoms with Crippen LogP contribution in [0.3, 0.4) is 0 Å². The van der Waals surface area contributed by atoms with E-state index in [-0.39, 0.29) is 17.9 Å². The van der Waals surface area contributed by atoms with E-state index in [1.54, 1.807) is 18.5 Å². The largest absolute Gasteiger partial charge is 0.491 e. The monoisotopic (exact) mass is 407 g/mol. The Morgan fingerprint density at radius 3 is 2.10 bits per heavy atom. The number of benzene rings is 1. The fourth-order valence-electron chi connectivity index (χ4n) is 3.74. The minimum absolute atomic E-state index is 0.0661. The molecule has 8 nitrogen and oxygen atoms in total. The van der Waals surface area contributed by atoms with Crippen LogP contribution in [0.1, 0.15) is 19.4 Å². The highest BCUT2D eigenvalue weighted by Crippen LogP contribution is 2.32. The fraction of sp³-hybridized carbons (Fsp3) is 0.364. The van der Waals surface area contributed by atoms with Crippen LogP contribution in [0.4, 0.5) is 5.95 Å². The Morgan fingerprint density at radius 1 is 0.900 bits per heavy atom. The van der Waals surface area contributed by atoms with E-state index in [9.17, 15) is 9.59 Å². The third-order valence-corrected chi connectivity index (χ3v) is 5.21. The van der Waals surface area contributed by atoms with Crippen LogP contribution in [0.15, 0.2) is 48.4 Å². The van der Waals surface area contributed by atoms with Gasteiger partial charge in [-0.3, -0.25) is 14.5 Å². The Kier molecular flexibility index (Phi) is 5.39. The molecule has 0 unspecified atom stereocenters. The Labute approximate surface area is 175 Å². The van der Waals surface area contributed by atoms with Gasteiger partial charge in [0.05, 0.1) is 11.7 Å². The molecule has 2 aliphatic rings. The Hall–Kier alpha value is -3.42. The highest BCUT2D eigenvalue weighted by molar-refractivity contribution is 6.35. The minimum Gasteiger partial charge on any atom is -0.491 e. The fourth-order valence-corrected chi connectivity index (χ4v) is 3.74. The maximum absolute atomic E-state index is 12.9. The first-order valence-corrected chi connectivity index (χ1v) is 10.1. The number of rotatable bonds is 5. The molecule has 1 aromatic carbocycles. The highest BCUT2D eigenvalue weighted by Gasteiger charge is 2.40. The second-order valence-electron chi connectivity index (χ2n) is 7.61. The van der Waals surface area contributed by atoms with Crippen LogP contribution >= 0.6 is 0 Å². The lowest BCUT2D eigenvalue weighted by Crippen LogP contribution is -2.48. The lowest BCUT2D eigenvalue weighted by Gasteiger charge is -2.36. The van der Waals surface area contributed by atoms with Gasteiger partial charge in [0.15, 0.2) is 0 Å². The Balaban J connectivity index is 1.60. The maximum Gasteiger partial charge on any atom is 0.277 e. The SMILES string of the molecule is CC(C)Oc1ccc(C2=C(N3CCN(c4ncccn4)CC3)C(=O)N(C)C2=O)cc1. The number of hydrogen-bond donors (Lipinski definition) is 0. The van der Waals surface area contributed by atoms with Gasteiger partial charge < -0.3 is 14.5 Å². The van der Waals surface area contributed by atoms with E-state index in [4.69, 9.17) is 4.74 Å². The molecule has 1 saturated heterocycles. The van der Waals surface area contributed by atoms with Gasteiger partial charge in [-0.15, -0.1) is 0 Å². The number of ether oxygens (including phenoxy) is 1. The topological polar surface area (TPSA) is 78.9 Å². The molecule has 0 aliphatic carbocycles. The first-order chi connectivity index (χ1) is 14.5. The second-order valence-corrected chi connectivity index (χ2v) is 7.61. The average Bonchev–Trinajstić information content (AvgIpc) is 2.99. The van der Waals surface area contributed by atoms with Crippen LogP contribution in [0.2, 0.25) is 0 Å². The van der Waals surface area contributed by atoms with Crippen molar-refractivity contribution in [1.82, 2.24) is 19.8 Å². The standard InChI is InChI=1S/C22H25N5O3/c1-15(2)30-17-7-5-16(6-8-17)18-19(21(29)25(3)20(18)28)26-11-13-27(14-12-26)22-23-9-4-10-24-22/h4-10,15H,11-14H2,1-3H3. The highest BCUT2D eigenvalue weighted by atomic mass is 16.5. The molecule has 0 bridgehead atoms. The number of nitrogens with zero attached hydrogens (tertiary/aromatic N) is 5. The summed E-state index contributed by atoms with van der Waals surface area (Å²) in [5.41, 5.74) is 1.63. The van der Waals surface area contributed by atoms with E-state index in [1.807, 2.05) is 43.0 Å². The summed E-state index contributed by atoms with van der Waals surface area (Å²) in [6.07, 6.45) is 3.50. The molecule has 2 aliphatic heterocycles. The summed E-state index contributed by atoms with van der Waals surface area (Å²) in [6.45, 7) is 6.49. The second kappa shape index (κ2) is 8.14. The Morgan fingerprint density at radius 2 is 1.50 bits per heavy atom. The van der Waals surface area contributed by atoms with Crippen molar-refractivity contribution in [1.29, 1.82) is 0 Å². The molecule has 0 atom stereocenters. The molecule has 3 heterocycles. The molecular weight excluding hydrogens is 382 g/mol. The molecule has 156 valence electrons. The first kappa shape index (κ1) is 19.9. The van der Waals surface area contributed by atoms with Crippen molar-refractivity contribution in [2.24, 2.45) is 0 Å². The van der Waals surface area contributed by atoms with Crippen LogP contribution in [-0.2, 0) is 9.59 Å². The third kappa shape index (κ3) is 3.72. The van der Waals surface area contributed by atoms with E-state index >= 15 is 0 Å². The van der Waals surface area contributed by atoms with Gasteiger partial charge >= 0.3 is 0 Å². The van der Waals surface area contributed by atoms with Crippen molar-refractivity contribution in [3.05, 3.63) is 54.0 Å². The molecule has 1 aromatic heterocycles. The number of likely N-dealkylation sites (N-methyl/N-ethyl adjacent to an activating group) is 1. The van der Waals surface area contributed by atoms with E-state index in [1.165, 1.54) is 11.9 Å². The molecule has 2 aromatic rings. The molecule has 8 heteroatoms. The van der Waals surface area contributed by atoms with Gasteiger partial charge in [0.25, 0.3) is 11.8 Å². The van der Waals surface area contributed by atoms with Crippen molar-refractivity contribution in [2.75, 3.05) is 38.1 Å². The number of carbonyl (C=O) groups is 2. The van der Waals surface area contributed by atoms with Crippen LogP contribution in [0, 0.1) is 0 Å². The average molecular weight is 407 g/mol. The van der Waals surface area contributed by atoms with Crippen molar-refractivity contribution in [3.8, 4) is 5.75 Å². The molecule has 30 heavy (non-hydrogen) atoms. The molecule has 0 saturated carbocycles. The van der Waals surface area contributed by atoms with E-state index in [0.29, 0.717) is 43.4 Å². The predicted octanol–water partition coefficient (Wildman–Crippen LogP) is 1.80. The Bertz CT molecular complexity index is 964. The number of carbonyl (C=O) groups excluding carboxylic acids is 2. The quantitative estimate of drug-likeness (QED) is 0.699. The summed E-state index contributed by atoms with van der Waals surface area (Å²) < 4.78 is 5.69. The van der Waals surface area contributed by atoms with Gasteiger partial charge in [-0.1, -0.05) is 12.1 Å². The molecule has 2 amide bonds. The lowest BCUT2D eigenvalue weighted by molar-refractivity contribution is -0.135. The molecule has 0 spiro atoms. The van der Waals surface area contributed by atoms with E-state index in [2.05, 4.69) is 14.9 Å². The number of piperazine rings is 1. The van der Waals surface area contributed by atoms with Crippen molar-refractivity contribution < 1.29 is 14.3 Å². The van der Waals surface area contributed by atoms with E-state index < -0.39 is 0 Å². The zero-order valence-corrected chi connectivity index (χ0v) is 17.4. The number of imide groups is 1. The van der Waals surface area contributed by atoms with Gasteiger partial charge in [0.1, 0.15) is 11.4 Å². The third-order valence-electron chi connectivity index (χ3n) is 5.21. The van der Waals surface area contributed by atoms with Gasteiger partial charge in [-0.25, -0.2) is 9.97 Å². The van der Waals surface area contributed by atoms with Crippen molar-refractivity contribution >= 4 is 23.3 Å². The zero-order valence-electron chi connectivity index (χ0n) is 17.4. The van der Waals surface area contributed by atoms with Crippen LogP contribution < -0.4 is 9.64 Å². The summed E-state index contributed by atoms with van der Waals surface area (Å²) in [4.78, 5) is 39.6. The summed E-state index contributed by atoms with van der Waals surface area (Å²) in [5, 5.41) is 0. The van der Waals surface area contributed by atoms with Crippen molar-refractivity contribution in [2.45, 2.75) is 20.0 Å². The molecule has 1 fully saturated rings. The predicted molar refractivity (Wildman–Crippen MR) is 113 cm³/mol. The normalized spacial score (nSPS) is 17.4. The summed E-state index contributed by atoms with van der Waals surface area (Å²) >= 11 is 0. The summed E-state index contributed by atoms with van der Waals surface area (Å²) in [5.74, 6) is 0.874. The zero-order chi connectivity index (χ0) is 21.3.